The zero-order valence-electron chi connectivity index (χ0n) is 14.5. The van der Waals surface area contributed by atoms with Crippen molar-refractivity contribution >= 4 is 17.4 Å². The highest BCUT2D eigenvalue weighted by Crippen LogP contribution is 2.29. The molecule has 0 amide bonds. The number of hydrogen-bond donors (Lipinski definition) is 1. The number of carbonyl (C=O) groups excluding carboxylic acids is 2. The smallest absolute Gasteiger partial charge is 0.345 e. The van der Waals surface area contributed by atoms with E-state index < -0.39 is 5.97 Å². The summed E-state index contributed by atoms with van der Waals surface area (Å²) in [5.41, 5.74) is 1.21. The Labute approximate surface area is 151 Å². The molecule has 0 bridgehead atoms. The Bertz CT molecular complexity index is 867. The van der Waals surface area contributed by atoms with Crippen LogP contribution in [0.5, 0.6) is 11.5 Å². The molecule has 0 radical (unpaired) electrons. The predicted molar refractivity (Wildman–Crippen MR) is 97.2 cm³/mol. The van der Waals surface area contributed by atoms with Gasteiger partial charge in [0.2, 0.25) is 0 Å². The minimum absolute atomic E-state index is 0.0595. The molecule has 2 rings (SSSR count). The molecule has 6 nitrogen and oxygen atoms in total. The number of anilines is 1. The Kier molecular flexibility index (Phi) is 6.52. The highest BCUT2D eigenvalue weighted by molar-refractivity contribution is 5.98. The van der Waals surface area contributed by atoms with E-state index in [-0.39, 0.29) is 17.8 Å². The number of esters is 1. The maximum absolute atomic E-state index is 12.6. The molecular weight excluding hydrogens is 332 g/mol. The summed E-state index contributed by atoms with van der Waals surface area (Å²) >= 11 is 0. The van der Waals surface area contributed by atoms with E-state index in [0.29, 0.717) is 22.7 Å². The molecule has 0 saturated carbocycles. The van der Waals surface area contributed by atoms with Gasteiger partial charge >= 0.3 is 5.97 Å². The second kappa shape index (κ2) is 9.04. The van der Waals surface area contributed by atoms with Crippen molar-refractivity contribution in [1.29, 1.82) is 5.26 Å². The number of nitrogens with zero attached hydrogens (tertiary/aromatic N) is 1. The molecule has 6 heteroatoms. The average Bonchev–Trinajstić information content (AvgIpc) is 2.63. The molecule has 0 aliphatic carbocycles. The Morgan fingerprint density at radius 3 is 2.58 bits per heavy atom. The first-order valence-electron chi connectivity index (χ1n) is 7.84. The molecular formula is C20H18N2O4. The fourth-order valence-electron chi connectivity index (χ4n) is 2.33. The number of ether oxygens (including phenoxy) is 2. The van der Waals surface area contributed by atoms with Gasteiger partial charge in [0.15, 0.2) is 0 Å². The predicted octanol–water partition coefficient (Wildman–Crippen LogP) is 3.50. The van der Waals surface area contributed by atoms with Gasteiger partial charge < -0.3 is 14.8 Å². The quantitative estimate of drug-likeness (QED) is 0.467. The SMILES string of the molecule is COc1cc(N/C=C/C#N)c(C(=O)Oc2ccccc2)cc1CC(C)=O. The number of nitrogens with one attached hydrogen (secondary N) is 1. The monoisotopic (exact) mass is 350 g/mol. The number of ketones is 1. The molecule has 2 aromatic carbocycles. The van der Waals surface area contributed by atoms with E-state index in [4.69, 9.17) is 14.7 Å². The lowest BCUT2D eigenvalue weighted by atomic mass is 10.0. The van der Waals surface area contributed by atoms with Crippen LogP contribution < -0.4 is 14.8 Å². The van der Waals surface area contributed by atoms with Crippen molar-refractivity contribution in [3.63, 3.8) is 0 Å². The highest BCUT2D eigenvalue weighted by atomic mass is 16.5. The molecule has 0 aliphatic rings. The lowest BCUT2D eigenvalue weighted by molar-refractivity contribution is -0.116. The van der Waals surface area contributed by atoms with E-state index in [0.717, 1.165) is 0 Å². The van der Waals surface area contributed by atoms with Crippen LogP contribution in [-0.4, -0.2) is 18.9 Å². The van der Waals surface area contributed by atoms with E-state index in [1.54, 1.807) is 36.4 Å². The van der Waals surface area contributed by atoms with Crippen LogP contribution in [0.15, 0.2) is 54.7 Å². The van der Waals surface area contributed by atoms with E-state index in [2.05, 4.69) is 5.32 Å². The van der Waals surface area contributed by atoms with Crippen molar-refractivity contribution in [1.82, 2.24) is 0 Å². The molecule has 0 fully saturated rings. The first-order chi connectivity index (χ1) is 12.5. The number of methoxy groups -OCH3 is 1. The Balaban J connectivity index is 2.44. The van der Waals surface area contributed by atoms with Gasteiger partial charge in [-0.05, 0) is 25.1 Å². The van der Waals surface area contributed by atoms with Gasteiger partial charge in [0.25, 0.3) is 0 Å². The van der Waals surface area contributed by atoms with Crippen LogP contribution in [0.4, 0.5) is 5.69 Å². The second-order valence-electron chi connectivity index (χ2n) is 5.40. The van der Waals surface area contributed by atoms with Gasteiger partial charge in [-0.1, -0.05) is 18.2 Å². The van der Waals surface area contributed by atoms with Gasteiger partial charge in [-0.15, -0.1) is 0 Å². The molecule has 2 aromatic rings. The number of benzene rings is 2. The van der Waals surface area contributed by atoms with Crippen LogP contribution >= 0.6 is 0 Å². The average molecular weight is 350 g/mol. The van der Waals surface area contributed by atoms with Crippen LogP contribution in [0.25, 0.3) is 0 Å². The van der Waals surface area contributed by atoms with Gasteiger partial charge in [0, 0.05) is 30.3 Å². The number of rotatable bonds is 7. The van der Waals surface area contributed by atoms with E-state index in [9.17, 15) is 9.59 Å². The summed E-state index contributed by atoms with van der Waals surface area (Å²) in [7, 11) is 1.48. The molecule has 26 heavy (non-hydrogen) atoms. The second-order valence-corrected chi connectivity index (χ2v) is 5.40. The maximum atomic E-state index is 12.6. The summed E-state index contributed by atoms with van der Waals surface area (Å²) < 4.78 is 10.7. The van der Waals surface area contributed by atoms with Crippen LogP contribution in [0.3, 0.4) is 0 Å². The fourth-order valence-corrected chi connectivity index (χ4v) is 2.33. The molecule has 0 heterocycles. The van der Waals surface area contributed by atoms with Gasteiger partial charge in [-0.3, -0.25) is 4.79 Å². The Hall–Kier alpha value is -3.59. The van der Waals surface area contributed by atoms with E-state index in [1.165, 1.54) is 26.3 Å². The minimum Gasteiger partial charge on any atom is -0.496 e. The van der Waals surface area contributed by atoms with Crippen molar-refractivity contribution in [2.75, 3.05) is 12.4 Å². The van der Waals surface area contributed by atoms with Crippen molar-refractivity contribution in [3.8, 4) is 17.6 Å². The number of hydrogen-bond acceptors (Lipinski definition) is 6. The Morgan fingerprint density at radius 1 is 1.23 bits per heavy atom. The zero-order valence-corrected chi connectivity index (χ0v) is 14.5. The molecule has 132 valence electrons. The number of carbonyl (C=O) groups is 2. The van der Waals surface area contributed by atoms with Crippen molar-refractivity contribution < 1.29 is 19.1 Å². The summed E-state index contributed by atoms with van der Waals surface area (Å²) in [4.78, 5) is 24.1. The third-order valence-corrected chi connectivity index (χ3v) is 3.43. The minimum atomic E-state index is -0.587. The summed E-state index contributed by atoms with van der Waals surface area (Å²) in [6, 6.07) is 13.7. The third-order valence-electron chi connectivity index (χ3n) is 3.43. The van der Waals surface area contributed by atoms with Crippen LogP contribution in [0.2, 0.25) is 0 Å². The largest absolute Gasteiger partial charge is 0.496 e. The molecule has 0 unspecified atom stereocenters. The molecule has 0 spiro atoms. The van der Waals surface area contributed by atoms with Crippen LogP contribution in [-0.2, 0) is 11.2 Å². The van der Waals surface area contributed by atoms with E-state index in [1.807, 2.05) is 12.1 Å². The lowest BCUT2D eigenvalue weighted by Crippen LogP contribution is -2.13. The van der Waals surface area contributed by atoms with Crippen molar-refractivity contribution in [3.05, 3.63) is 65.9 Å². The summed E-state index contributed by atoms with van der Waals surface area (Å²) in [6.45, 7) is 1.46. The van der Waals surface area contributed by atoms with Crippen LogP contribution in [0, 0.1) is 11.3 Å². The van der Waals surface area contributed by atoms with Crippen molar-refractivity contribution in [2.24, 2.45) is 0 Å². The zero-order chi connectivity index (χ0) is 18.9. The first-order valence-corrected chi connectivity index (χ1v) is 7.84. The molecule has 0 atom stereocenters. The molecule has 1 N–H and O–H groups in total. The van der Waals surface area contributed by atoms with Gasteiger partial charge in [0.1, 0.15) is 17.3 Å². The number of allylic oxidation sites excluding steroid dienone is 1. The maximum Gasteiger partial charge on any atom is 0.345 e. The summed E-state index contributed by atoms with van der Waals surface area (Å²) in [5.74, 6) is 0.219. The van der Waals surface area contributed by atoms with E-state index >= 15 is 0 Å². The molecule has 0 saturated heterocycles. The fraction of sp³-hybridized carbons (Fsp3) is 0.150. The first kappa shape index (κ1) is 18.7. The number of Topliss-reactive ketones (excluding diaryl/α,β-unsaturated/α-hetero) is 1. The molecule has 0 aromatic heterocycles. The van der Waals surface area contributed by atoms with Gasteiger partial charge in [0.05, 0.1) is 24.4 Å². The highest BCUT2D eigenvalue weighted by Gasteiger charge is 2.18. The van der Waals surface area contributed by atoms with Crippen LogP contribution in [0.1, 0.15) is 22.8 Å². The standard InChI is InChI=1S/C20H18N2O4/c1-14(23)11-15-12-17(20(24)26-16-7-4-3-5-8-16)18(13-19(15)25-2)22-10-6-9-21/h3-8,10,12-13,22H,11H2,1-2H3/b10-6+. The topological polar surface area (TPSA) is 88.4 Å². The van der Waals surface area contributed by atoms with Gasteiger partial charge in [-0.2, -0.15) is 5.26 Å². The normalized spacial score (nSPS) is 10.2. The number of nitriles is 1. The lowest BCUT2D eigenvalue weighted by Gasteiger charge is -2.14. The molecule has 0 aliphatic heterocycles. The summed E-state index contributed by atoms with van der Waals surface area (Å²) in [5, 5.41) is 11.5. The third kappa shape index (κ3) is 4.95. The van der Waals surface area contributed by atoms with Gasteiger partial charge in [-0.25, -0.2) is 4.79 Å². The van der Waals surface area contributed by atoms with Crippen molar-refractivity contribution in [2.45, 2.75) is 13.3 Å². The number of para-hydroxylation sites is 1. The Morgan fingerprint density at radius 2 is 1.96 bits per heavy atom. The summed E-state index contributed by atoms with van der Waals surface area (Å²) in [6.07, 6.45) is 2.77.